The van der Waals surface area contributed by atoms with E-state index < -0.39 is 0 Å². The molecule has 0 radical (unpaired) electrons. The molecule has 5 nitrogen and oxygen atoms in total. The van der Waals surface area contributed by atoms with E-state index in [1.54, 1.807) is 0 Å². The van der Waals surface area contributed by atoms with Crippen LogP contribution in [0.5, 0.6) is 0 Å². The molecule has 1 aromatic rings. The van der Waals surface area contributed by atoms with Crippen molar-refractivity contribution in [1.82, 2.24) is 0 Å². The largest absolute Gasteiger partial charge is 0.393 e. The lowest BCUT2D eigenvalue weighted by Crippen LogP contribution is -2.36. The Balaban J connectivity index is 1.57. The van der Waals surface area contributed by atoms with Crippen LogP contribution >= 0.6 is 12.3 Å². The van der Waals surface area contributed by atoms with Gasteiger partial charge in [0.2, 0.25) is 0 Å². The zero-order valence-electron chi connectivity index (χ0n) is 13.9. The predicted molar refractivity (Wildman–Crippen MR) is 90.1 cm³/mol. The lowest BCUT2D eigenvalue weighted by Gasteiger charge is -2.41. The van der Waals surface area contributed by atoms with E-state index in [0.29, 0.717) is 18.2 Å². The van der Waals surface area contributed by atoms with Crippen LogP contribution in [0.1, 0.15) is 60.8 Å². The monoisotopic (exact) mass is 352 g/mol. The molecule has 1 fully saturated rings. The average Bonchev–Trinajstić information content (AvgIpc) is 2.90. The van der Waals surface area contributed by atoms with Gasteiger partial charge < -0.3 is 5.11 Å². The number of rotatable bonds is 4. The molecule has 0 saturated heterocycles. The molecule has 3 aliphatic carbocycles. The van der Waals surface area contributed by atoms with Crippen LogP contribution in [-0.2, 0) is 32.8 Å². The van der Waals surface area contributed by atoms with E-state index in [1.165, 1.54) is 22.3 Å². The lowest BCUT2D eigenvalue weighted by molar-refractivity contribution is -0.434. The maximum absolute atomic E-state index is 10.4. The predicted octanol–water partition coefficient (Wildman–Crippen LogP) is 3.74. The van der Waals surface area contributed by atoms with Gasteiger partial charge >= 0.3 is 0 Å². The normalized spacial score (nSPS) is 34.5. The van der Waals surface area contributed by atoms with Crippen LogP contribution in [0.4, 0.5) is 0 Å². The molecular formula is C18H24O5S. The minimum absolute atomic E-state index is 0.0554. The molecule has 1 saturated carbocycles. The first-order valence-electron chi connectivity index (χ1n) is 8.75. The first kappa shape index (κ1) is 16.8. The van der Waals surface area contributed by atoms with Crippen LogP contribution in [-0.4, -0.2) is 22.6 Å². The van der Waals surface area contributed by atoms with E-state index in [2.05, 4.69) is 28.4 Å². The number of hydrogen-bond acceptors (Lipinski definition) is 6. The molecule has 6 heteroatoms. The minimum Gasteiger partial charge on any atom is -0.393 e. The van der Waals surface area contributed by atoms with Crippen LogP contribution in [0.25, 0.3) is 0 Å². The summed E-state index contributed by atoms with van der Waals surface area (Å²) in [6.07, 6.45) is 6.90. The Morgan fingerprint density at radius 1 is 1.17 bits per heavy atom. The Kier molecular flexibility index (Phi) is 4.62. The number of aliphatic hydroxyl groups is 1. The molecule has 4 rings (SSSR count). The fourth-order valence-electron chi connectivity index (χ4n) is 5.16. The van der Waals surface area contributed by atoms with Crippen LogP contribution < -0.4 is 0 Å². The van der Waals surface area contributed by atoms with E-state index >= 15 is 0 Å². The van der Waals surface area contributed by atoms with Crippen molar-refractivity contribution in [3.63, 3.8) is 0 Å². The van der Waals surface area contributed by atoms with Crippen molar-refractivity contribution in [2.75, 3.05) is 0 Å². The standard InChI is InChI=1S/C18H24O5S/c1-18-9-8-14-13-5-3-12(21-24-23-22-20)10-11(13)2-4-15(14)16(18)6-7-17(18)19/h2,4,12,16-17,19-20H,3,5-10H2,1H3. The van der Waals surface area contributed by atoms with Gasteiger partial charge in [-0.05, 0) is 66.7 Å². The van der Waals surface area contributed by atoms with Crippen LogP contribution in [0, 0.1) is 5.41 Å². The van der Waals surface area contributed by atoms with Crippen molar-refractivity contribution in [2.45, 2.75) is 70.0 Å². The van der Waals surface area contributed by atoms with E-state index in [0.717, 1.165) is 44.9 Å². The van der Waals surface area contributed by atoms with Gasteiger partial charge in [-0.3, -0.25) is 4.18 Å². The summed E-state index contributed by atoms with van der Waals surface area (Å²) in [5, 5.41) is 22.1. The zero-order chi connectivity index (χ0) is 16.7. The summed E-state index contributed by atoms with van der Waals surface area (Å²) in [4.78, 5) is 0. The van der Waals surface area contributed by atoms with Crippen LogP contribution in [0.15, 0.2) is 12.1 Å². The van der Waals surface area contributed by atoms with Gasteiger partial charge in [0.05, 0.1) is 12.2 Å². The number of benzene rings is 1. The molecule has 0 aliphatic heterocycles. The summed E-state index contributed by atoms with van der Waals surface area (Å²) < 4.78 is 9.81. The second-order valence-corrected chi connectivity index (χ2v) is 8.06. The number of fused-ring (bicyclic) bond motifs is 5. The topological polar surface area (TPSA) is 68.2 Å². The smallest absolute Gasteiger partial charge is 0.197 e. The van der Waals surface area contributed by atoms with Gasteiger partial charge in [-0.15, -0.1) is 4.33 Å². The van der Waals surface area contributed by atoms with Crippen molar-refractivity contribution in [3.8, 4) is 0 Å². The van der Waals surface area contributed by atoms with Crippen molar-refractivity contribution >= 4 is 12.3 Å². The molecule has 4 atom stereocenters. The molecule has 0 spiro atoms. The molecule has 3 aliphatic rings. The lowest BCUT2D eigenvalue weighted by atomic mass is 9.64. The Morgan fingerprint density at radius 3 is 2.88 bits per heavy atom. The molecule has 1 aromatic carbocycles. The van der Waals surface area contributed by atoms with Crippen molar-refractivity contribution in [3.05, 3.63) is 34.4 Å². The quantitative estimate of drug-likeness (QED) is 0.372. The fraction of sp³-hybridized carbons (Fsp3) is 0.667. The van der Waals surface area contributed by atoms with Gasteiger partial charge in [0, 0.05) is 11.8 Å². The molecule has 24 heavy (non-hydrogen) atoms. The van der Waals surface area contributed by atoms with Crippen molar-refractivity contribution in [1.29, 1.82) is 0 Å². The van der Waals surface area contributed by atoms with E-state index in [9.17, 15) is 5.11 Å². The molecular weight excluding hydrogens is 328 g/mol. The van der Waals surface area contributed by atoms with E-state index in [-0.39, 0.29) is 17.6 Å². The number of aliphatic hydroxyl groups excluding tert-OH is 1. The van der Waals surface area contributed by atoms with Gasteiger partial charge in [-0.2, -0.15) is 0 Å². The third kappa shape index (κ3) is 2.69. The highest BCUT2D eigenvalue weighted by Crippen LogP contribution is 2.56. The summed E-state index contributed by atoms with van der Waals surface area (Å²) >= 11 is 0.675. The highest BCUT2D eigenvalue weighted by atomic mass is 32.2. The Hall–Kier alpha value is -0.630. The fourth-order valence-corrected chi connectivity index (χ4v) is 5.50. The van der Waals surface area contributed by atoms with Crippen molar-refractivity contribution in [2.24, 2.45) is 5.41 Å². The molecule has 0 aromatic heterocycles. The first-order valence-corrected chi connectivity index (χ1v) is 9.42. The molecule has 4 unspecified atom stereocenters. The van der Waals surface area contributed by atoms with Crippen LogP contribution in [0.3, 0.4) is 0 Å². The van der Waals surface area contributed by atoms with Crippen molar-refractivity contribution < 1.29 is 23.9 Å². The van der Waals surface area contributed by atoms with E-state index in [4.69, 9.17) is 9.44 Å². The van der Waals surface area contributed by atoms with Gasteiger partial charge in [0.1, 0.15) is 0 Å². The highest BCUT2D eigenvalue weighted by molar-refractivity contribution is 7.89. The van der Waals surface area contributed by atoms with Gasteiger partial charge in [-0.1, -0.05) is 24.1 Å². The second-order valence-electron chi connectivity index (χ2n) is 7.59. The minimum atomic E-state index is -0.157. The summed E-state index contributed by atoms with van der Waals surface area (Å²) in [6.45, 7) is 2.27. The molecule has 0 bridgehead atoms. The Morgan fingerprint density at radius 2 is 2.04 bits per heavy atom. The first-order chi connectivity index (χ1) is 11.6. The second kappa shape index (κ2) is 6.59. The average molecular weight is 352 g/mol. The van der Waals surface area contributed by atoms with Gasteiger partial charge in [0.15, 0.2) is 12.3 Å². The third-order valence-electron chi connectivity index (χ3n) is 6.54. The molecule has 132 valence electrons. The maximum atomic E-state index is 10.4. The summed E-state index contributed by atoms with van der Waals surface area (Å²) in [6, 6.07) is 4.53. The van der Waals surface area contributed by atoms with E-state index in [1.807, 2.05) is 0 Å². The Labute approximate surface area is 146 Å². The SMILES string of the molecule is CC12CCc3c(ccc4c3CCC(OSOOO)C4)C1CCC2O. The zero-order valence-corrected chi connectivity index (χ0v) is 14.7. The molecule has 0 amide bonds. The van der Waals surface area contributed by atoms with Crippen LogP contribution in [0.2, 0.25) is 0 Å². The third-order valence-corrected chi connectivity index (χ3v) is 7.00. The van der Waals surface area contributed by atoms with Gasteiger partial charge in [0.25, 0.3) is 0 Å². The summed E-state index contributed by atoms with van der Waals surface area (Å²) in [5.74, 6) is 0.501. The number of hydrogen-bond donors (Lipinski definition) is 2. The summed E-state index contributed by atoms with van der Waals surface area (Å²) in [7, 11) is 0. The molecule has 0 heterocycles. The van der Waals surface area contributed by atoms with Gasteiger partial charge in [-0.25, -0.2) is 5.26 Å². The Bertz CT molecular complexity index is 622. The highest BCUT2D eigenvalue weighted by Gasteiger charge is 2.49. The maximum Gasteiger partial charge on any atom is 0.197 e. The summed E-state index contributed by atoms with van der Waals surface area (Å²) in [5.41, 5.74) is 5.92. The molecule has 2 N–H and O–H groups in total.